The van der Waals surface area contributed by atoms with E-state index in [0.717, 1.165) is 21.6 Å². The summed E-state index contributed by atoms with van der Waals surface area (Å²) in [4.78, 5) is 30.0. The third-order valence-electron chi connectivity index (χ3n) is 4.64. The van der Waals surface area contributed by atoms with E-state index in [-0.39, 0.29) is 24.2 Å². The summed E-state index contributed by atoms with van der Waals surface area (Å²) in [6.45, 7) is 0.470. The average molecular weight is 358 g/mol. The van der Waals surface area contributed by atoms with Crippen LogP contribution >= 0.6 is 11.3 Å². The van der Waals surface area contributed by atoms with Crippen molar-refractivity contribution < 1.29 is 14.7 Å². The van der Waals surface area contributed by atoms with Crippen molar-refractivity contribution in [2.45, 2.75) is 31.6 Å². The lowest BCUT2D eigenvalue weighted by Crippen LogP contribution is -2.37. The molecule has 1 aromatic heterocycles. The number of nitrogens with zero attached hydrogens (tertiary/aromatic N) is 2. The van der Waals surface area contributed by atoms with Gasteiger partial charge in [-0.3, -0.25) is 9.59 Å². The molecule has 0 saturated heterocycles. The number of carboxylic acid groups (broad SMARTS) is 1. The number of aliphatic carboxylic acids is 1. The smallest absolute Gasteiger partial charge is 0.303 e. The van der Waals surface area contributed by atoms with Crippen LogP contribution in [-0.4, -0.2) is 40.5 Å². The first kappa shape index (κ1) is 17.6. The van der Waals surface area contributed by atoms with Crippen LogP contribution in [0.4, 0.5) is 0 Å². The number of carboxylic acids is 1. The number of allylic oxidation sites excluding steroid dienone is 2. The van der Waals surface area contributed by atoms with Crippen LogP contribution in [-0.2, 0) is 9.59 Å². The molecule has 0 spiro atoms. The first-order valence-corrected chi connectivity index (χ1v) is 9.35. The molecule has 0 bridgehead atoms. The van der Waals surface area contributed by atoms with Crippen molar-refractivity contribution >= 4 is 33.4 Å². The van der Waals surface area contributed by atoms with Crippen molar-refractivity contribution in [3.05, 3.63) is 41.4 Å². The molecule has 2 aromatic rings. The standard InChI is InChI=1S/C19H22N2O3S/c1-21(12-6-11-17(22)23)19(24)14-8-3-2-7-13(14)18-20-15-9-4-5-10-16(15)25-18/h2-5,9-10,13-14H,6-8,11-12H2,1H3,(H,22,23). The number of amides is 1. The predicted molar refractivity (Wildman–Crippen MR) is 98.7 cm³/mol. The first-order valence-electron chi connectivity index (χ1n) is 8.53. The molecule has 0 saturated carbocycles. The highest BCUT2D eigenvalue weighted by molar-refractivity contribution is 7.18. The fourth-order valence-electron chi connectivity index (χ4n) is 3.27. The van der Waals surface area contributed by atoms with Crippen LogP contribution in [0.2, 0.25) is 0 Å². The number of carbonyl (C=O) groups excluding carboxylic acids is 1. The number of para-hydroxylation sites is 1. The Hall–Kier alpha value is -2.21. The van der Waals surface area contributed by atoms with Gasteiger partial charge in [0.25, 0.3) is 0 Å². The van der Waals surface area contributed by atoms with E-state index in [0.29, 0.717) is 19.4 Å². The van der Waals surface area contributed by atoms with Gasteiger partial charge in [0.1, 0.15) is 0 Å². The van der Waals surface area contributed by atoms with E-state index >= 15 is 0 Å². The zero-order valence-corrected chi connectivity index (χ0v) is 15.0. The molecule has 1 aliphatic carbocycles. The van der Waals surface area contributed by atoms with E-state index in [1.807, 2.05) is 18.2 Å². The summed E-state index contributed by atoms with van der Waals surface area (Å²) >= 11 is 1.66. The van der Waals surface area contributed by atoms with Crippen LogP contribution in [0.5, 0.6) is 0 Å². The SMILES string of the molecule is CN(CCCC(=O)O)C(=O)C1CC=CCC1c1nc2ccccc2s1. The number of rotatable bonds is 6. The predicted octanol–water partition coefficient (Wildman–Crippen LogP) is 3.67. The van der Waals surface area contributed by atoms with Crippen molar-refractivity contribution in [1.29, 1.82) is 0 Å². The quantitative estimate of drug-likeness (QED) is 0.800. The Morgan fingerprint density at radius 1 is 1.28 bits per heavy atom. The summed E-state index contributed by atoms with van der Waals surface area (Å²) in [6.07, 6.45) is 6.29. The molecule has 132 valence electrons. The lowest BCUT2D eigenvalue weighted by atomic mass is 9.82. The zero-order valence-electron chi connectivity index (χ0n) is 14.2. The van der Waals surface area contributed by atoms with Crippen LogP contribution in [0.25, 0.3) is 10.2 Å². The zero-order chi connectivity index (χ0) is 17.8. The van der Waals surface area contributed by atoms with Gasteiger partial charge in [-0.05, 0) is 31.4 Å². The van der Waals surface area contributed by atoms with Gasteiger partial charge in [-0.1, -0.05) is 24.3 Å². The summed E-state index contributed by atoms with van der Waals surface area (Å²) in [5.74, 6) is -0.773. The van der Waals surface area contributed by atoms with E-state index in [9.17, 15) is 9.59 Å². The lowest BCUT2D eigenvalue weighted by molar-refractivity contribution is -0.139. The third kappa shape index (κ3) is 4.07. The van der Waals surface area contributed by atoms with Crippen LogP contribution in [0, 0.1) is 5.92 Å². The number of carbonyl (C=O) groups is 2. The molecular weight excluding hydrogens is 336 g/mol. The minimum atomic E-state index is -0.825. The van der Waals surface area contributed by atoms with Gasteiger partial charge in [0, 0.05) is 25.9 Å². The molecule has 2 unspecified atom stereocenters. The highest BCUT2D eigenvalue weighted by atomic mass is 32.1. The molecule has 3 rings (SSSR count). The monoisotopic (exact) mass is 358 g/mol. The van der Waals surface area contributed by atoms with Gasteiger partial charge >= 0.3 is 5.97 Å². The van der Waals surface area contributed by atoms with Gasteiger partial charge in [-0.15, -0.1) is 11.3 Å². The van der Waals surface area contributed by atoms with Crippen molar-refractivity contribution in [1.82, 2.24) is 9.88 Å². The van der Waals surface area contributed by atoms with E-state index in [1.165, 1.54) is 0 Å². The average Bonchev–Trinajstić information content (AvgIpc) is 3.04. The van der Waals surface area contributed by atoms with Gasteiger partial charge in [-0.25, -0.2) is 4.98 Å². The van der Waals surface area contributed by atoms with Crippen molar-refractivity contribution in [2.75, 3.05) is 13.6 Å². The summed E-state index contributed by atoms with van der Waals surface area (Å²) in [6, 6.07) is 8.04. The van der Waals surface area contributed by atoms with Gasteiger partial charge in [-0.2, -0.15) is 0 Å². The molecule has 1 aliphatic rings. The van der Waals surface area contributed by atoms with Crippen LogP contribution in [0.15, 0.2) is 36.4 Å². The van der Waals surface area contributed by atoms with Crippen LogP contribution in [0.1, 0.15) is 36.6 Å². The van der Waals surface area contributed by atoms with Gasteiger partial charge < -0.3 is 10.0 Å². The van der Waals surface area contributed by atoms with Gasteiger partial charge in [0.15, 0.2) is 0 Å². The van der Waals surface area contributed by atoms with Crippen molar-refractivity contribution in [3.63, 3.8) is 0 Å². The summed E-state index contributed by atoms with van der Waals surface area (Å²) in [7, 11) is 1.76. The Morgan fingerprint density at radius 3 is 2.80 bits per heavy atom. The molecule has 1 amide bonds. The maximum atomic E-state index is 12.9. The minimum absolute atomic E-state index is 0.0824. The fraction of sp³-hybridized carbons (Fsp3) is 0.421. The molecule has 2 atom stereocenters. The number of fused-ring (bicyclic) bond motifs is 1. The number of benzene rings is 1. The second kappa shape index (κ2) is 7.78. The lowest BCUT2D eigenvalue weighted by Gasteiger charge is -2.30. The number of hydrogen-bond acceptors (Lipinski definition) is 4. The summed E-state index contributed by atoms with van der Waals surface area (Å²) in [5.41, 5.74) is 0.984. The van der Waals surface area contributed by atoms with E-state index < -0.39 is 5.97 Å². The molecule has 1 aromatic carbocycles. The molecule has 0 fully saturated rings. The minimum Gasteiger partial charge on any atom is -0.481 e. The normalized spacial score (nSPS) is 19.9. The molecule has 5 nitrogen and oxygen atoms in total. The Kier molecular flexibility index (Phi) is 5.48. The maximum Gasteiger partial charge on any atom is 0.303 e. The number of hydrogen-bond donors (Lipinski definition) is 1. The summed E-state index contributed by atoms with van der Waals surface area (Å²) < 4.78 is 1.15. The Morgan fingerprint density at radius 2 is 2.04 bits per heavy atom. The topological polar surface area (TPSA) is 70.5 Å². The highest BCUT2D eigenvalue weighted by Crippen LogP contribution is 2.39. The molecule has 1 heterocycles. The Bertz CT molecular complexity index is 766. The molecule has 1 N–H and O–H groups in total. The molecule has 25 heavy (non-hydrogen) atoms. The van der Waals surface area contributed by atoms with Crippen LogP contribution < -0.4 is 0 Å². The molecule has 0 radical (unpaired) electrons. The maximum absolute atomic E-state index is 12.9. The fourth-order valence-corrected chi connectivity index (χ4v) is 4.42. The number of aromatic nitrogens is 1. The highest BCUT2D eigenvalue weighted by Gasteiger charge is 2.33. The Balaban J connectivity index is 1.75. The van der Waals surface area contributed by atoms with E-state index in [4.69, 9.17) is 10.1 Å². The van der Waals surface area contributed by atoms with Crippen molar-refractivity contribution in [2.24, 2.45) is 5.92 Å². The van der Waals surface area contributed by atoms with Crippen LogP contribution in [0.3, 0.4) is 0 Å². The largest absolute Gasteiger partial charge is 0.481 e. The second-order valence-electron chi connectivity index (χ2n) is 6.43. The molecule has 0 aliphatic heterocycles. The Labute approximate surface area is 151 Å². The van der Waals surface area contributed by atoms with E-state index in [2.05, 4.69) is 18.2 Å². The third-order valence-corrected chi connectivity index (χ3v) is 5.81. The van der Waals surface area contributed by atoms with Crippen molar-refractivity contribution in [3.8, 4) is 0 Å². The second-order valence-corrected chi connectivity index (χ2v) is 7.49. The molecule has 6 heteroatoms. The van der Waals surface area contributed by atoms with Gasteiger partial charge in [0.2, 0.25) is 5.91 Å². The van der Waals surface area contributed by atoms with E-state index in [1.54, 1.807) is 23.3 Å². The molecular formula is C19H22N2O3S. The van der Waals surface area contributed by atoms with Gasteiger partial charge in [0.05, 0.1) is 21.1 Å². The first-order chi connectivity index (χ1) is 12.1. The number of thiazole rings is 1. The summed E-state index contributed by atoms with van der Waals surface area (Å²) in [5, 5.41) is 9.77.